The molecule has 0 aliphatic carbocycles. The van der Waals surface area contributed by atoms with Crippen molar-refractivity contribution in [2.45, 2.75) is 91.5 Å². The van der Waals surface area contributed by atoms with Crippen molar-refractivity contribution in [1.29, 1.82) is 0 Å². The Bertz CT molecular complexity index is 1960. The molecule has 0 bridgehead atoms. The molecule has 6 rings (SSSR count). The fourth-order valence-corrected chi connectivity index (χ4v) is 7.70. The molecule has 2 aromatic carbocycles. The maximum Gasteiger partial charge on any atom is 0.416 e. The summed E-state index contributed by atoms with van der Waals surface area (Å²) in [5.41, 5.74) is 1.83. The van der Waals surface area contributed by atoms with Crippen molar-refractivity contribution in [3.8, 4) is 26.6 Å². The molecule has 0 radical (unpaired) electrons. The molecule has 5 aromatic rings. The third kappa shape index (κ3) is 12.5. The van der Waals surface area contributed by atoms with E-state index < -0.39 is 23.5 Å². The van der Waals surface area contributed by atoms with Crippen molar-refractivity contribution in [3.63, 3.8) is 0 Å². The zero-order valence-electron chi connectivity index (χ0n) is 33.1. The zero-order chi connectivity index (χ0) is 41.2. The van der Waals surface area contributed by atoms with Gasteiger partial charge in [0.05, 0.1) is 38.0 Å². The highest BCUT2D eigenvalue weighted by Gasteiger charge is 2.32. The second-order valence-electron chi connectivity index (χ2n) is 14.3. The number of aromatic nitrogens is 3. The molecule has 1 aliphatic heterocycles. The number of piperazine rings is 1. The van der Waals surface area contributed by atoms with E-state index in [2.05, 4.69) is 72.7 Å². The topological polar surface area (TPSA) is 54.4 Å². The van der Waals surface area contributed by atoms with Gasteiger partial charge in [-0.3, -0.25) is 4.90 Å². The van der Waals surface area contributed by atoms with E-state index in [-0.39, 0.29) is 5.92 Å². The van der Waals surface area contributed by atoms with E-state index >= 15 is 0 Å². The number of alkyl halides is 6. The number of nitrogens with zero attached hydrogens (tertiary/aromatic N) is 5. The van der Waals surface area contributed by atoms with Crippen molar-refractivity contribution in [2.75, 3.05) is 38.2 Å². The number of hydrogen-bond acceptors (Lipinski definition) is 8. The molecule has 6 nitrogen and oxygen atoms in total. The van der Waals surface area contributed by atoms with Crippen LogP contribution >= 0.6 is 22.7 Å². The summed E-state index contributed by atoms with van der Waals surface area (Å²) in [6.07, 6.45) is -1.52. The molecule has 1 fully saturated rings. The van der Waals surface area contributed by atoms with Gasteiger partial charge in [-0.1, -0.05) is 59.2 Å². The van der Waals surface area contributed by atoms with Crippen LogP contribution in [0.4, 0.5) is 32.2 Å². The van der Waals surface area contributed by atoms with Gasteiger partial charge in [0.1, 0.15) is 11.6 Å². The molecular formula is C42H51F6N5OS2. The van der Waals surface area contributed by atoms with Crippen LogP contribution in [0, 0.1) is 0 Å². The summed E-state index contributed by atoms with van der Waals surface area (Å²) in [5.74, 6) is 2.11. The van der Waals surface area contributed by atoms with Gasteiger partial charge in [0.15, 0.2) is 0 Å². The van der Waals surface area contributed by atoms with Gasteiger partial charge in [-0.25, -0.2) is 15.0 Å². The Kier molecular flexibility index (Phi) is 15.9. The first kappa shape index (κ1) is 44.7. The number of rotatable bonds is 9. The second-order valence-corrected chi connectivity index (χ2v) is 16.4. The summed E-state index contributed by atoms with van der Waals surface area (Å²) in [6, 6.07) is 14.4. The Morgan fingerprint density at radius 2 is 1.30 bits per heavy atom. The number of benzene rings is 2. The van der Waals surface area contributed by atoms with E-state index in [0.717, 1.165) is 71.4 Å². The number of ether oxygens (including phenoxy) is 1. The molecule has 0 amide bonds. The van der Waals surface area contributed by atoms with E-state index in [4.69, 9.17) is 4.74 Å². The summed E-state index contributed by atoms with van der Waals surface area (Å²) in [7, 11) is 1.72. The van der Waals surface area contributed by atoms with Gasteiger partial charge >= 0.3 is 12.4 Å². The maximum atomic E-state index is 12.6. The van der Waals surface area contributed by atoms with Crippen molar-refractivity contribution in [3.05, 3.63) is 99.9 Å². The Labute approximate surface area is 334 Å². The smallest absolute Gasteiger partial charge is 0.416 e. The number of anilines is 1. The molecule has 0 atom stereocenters. The van der Waals surface area contributed by atoms with Crippen LogP contribution in [0.15, 0.2) is 73.2 Å². The lowest BCUT2D eigenvalue weighted by molar-refractivity contribution is -0.138. The Balaban J connectivity index is 0.000000187. The van der Waals surface area contributed by atoms with Gasteiger partial charge in [0.2, 0.25) is 0 Å². The zero-order valence-corrected chi connectivity index (χ0v) is 34.8. The number of thiazole rings is 2. The van der Waals surface area contributed by atoms with Crippen molar-refractivity contribution in [1.82, 2.24) is 19.9 Å². The highest BCUT2D eigenvalue weighted by atomic mass is 32.1. The average molecular weight is 820 g/mol. The molecule has 1 aliphatic rings. The van der Waals surface area contributed by atoms with Crippen molar-refractivity contribution < 1.29 is 31.1 Å². The predicted octanol–water partition coefficient (Wildman–Crippen LogP) is 12.5. The van der Waals surface area contributed by atoms with Crippen LogP contribution in [0.5, 0.6) is 5.75 Å². The summed E-state index contributed by atoms with van der Waals surface area (Å²) in [6.45, 7) is 18.0. The van der Waals surface area contributed by atoms with Crippen LogP contribution in [0.3, 0.4) is 0 Å². The Morgan fingerprint density at radius 1 is 0.714 bits per heavy atom. The van der Waals surface area contributed by atoms with Crippen LogP contribution in [0.1, 0.15) is 93.4 Å². The number of aryl methyl sites for hydroxylation is 1. The molecule has 0 N–H and O–H groups in total. The van der Waals surface area contributed by atoms with Crippen LogP contribution in [-0.4, -0.2) is 59.2 Å². The SMILES string of the molecule is CC(C)N1CCN(c2cc(C(F)(F)F)ccn2)CC1.CC(C)c1ncc(-c2cccc(C(F)(F)F)c2)s1.CCCc1ccc(OC)c(-c2cnc(C(C)C)s2)c1. The van der Waals surface area contributed by atoms with E-state index in [0.29, 0.717) is 36.4 Å². The largest absolute Gasteiger partial charge is 0.496 e. The van der Waals surface area contributed by atoms with Crippen molar-refractivity contribution in [2.24, 2.45) is 0 Å². The second kappa shape index (κ2) is 19.9. The number of methoxy groups -OCH3 is 1. The van der Waals surface area contributed by atoms with Gasteiger partial charge in [-0.15, -0.1) is 22.7 Å². The minimum absolute atomic E-state index is 0.287. The molecule has 304 valence electrons. The van der Waals surface area contributed by atoms with Crippen LogP contribution in [0.2, 0.25) is 0 Å². The van der Waals surface area contributed by atoms with Crippen LogP contribution in [-0.2, 0) is 18.8 Å². The highest BCUT2D eigenvalue weighted by Crippen LogP contribution is 2.37. The molecule has 14 heteroatoms. The summed E-state index contributed by atoms with van der Waals surface area (Å²) in [4.78, 5) is 19.0. The van der Waals surface area contributed by atoms with Gasteiger partial charge < -0.3 is 9.64 Å². The molecule has 0 saturated carbocycles. The molecular weight excluding hydrogens is 769 g/mol. The third-order valence-corrected chi connectivity index (χ3v) is 11.7. The quantitative estimate of drug-likeness (QED) is 0.138. The number of halogens is 6. The first-order valence-electron chi connectivity index (χ1n) is 18.7. The Morgan fingerprint density at radius 3 is 1.84 bits per heavy atom. The Hall–Kier alpha value is -4.01. The lowest BCUT2D eigenvalue weighted by Gasteiger charge is -2.37. The molecule has 3 aromatic heterocycles. The van der Waals surface area contributed by atoms with Crippen LogP contribution < -0.4 is 9.64 Å². The predicted molar refractivity (Wildman–Crippen MR) is 217 cm³/mol. The summed E-state index contributed by atoms with van der Waals surface area (Å²) >= 11 is 3.19. The molecule has 56 heavy (non-hydrogen) atoms. The van der Waals surface area contributed by atoms with Gasteiger partial charge in [0.25, 0.3) is 0 Å². The fraction of sp³-hybridized carbons (Fsp3) is 0.452. The van der Waals surface area contributed by atoms with E-state index in [1.165, 1.54) is 39.0 Å². The monoisotopic (exact) mass is 819 g/mol. The van der Waals surface area contributed by atoms with Gasteiger partial charge in [-0.05, 0) is 67.8 Å². The fourth-order valence-electron chi connectivity index (χ4n) is 5.84. The first-order chi connectivity index (χ1) is 26.4. The minimum atomic E-state index is -4.31. The normalized spacial score (nSPS) is 13.8. The molecule has 4 heterocycles. The molecule has 0 spiro atoms. The van der Waals surface area contributed by atoms with Crippen molar-refractivity contribution >= 4 is 28.5 Å². The maximum absolute atomic E-state index is 12.6. The average Bonchev–Trinajstić information content (AvgIpc) is 3.87. The number of hydrogen-bond donors (Lipinski definition) is 0. The van der Waals surface area contributed by atoms with E-state index in [9.17, 15) is 26.3 Å². The molecule has 0 unspecified atom stereocenters. The van der Waals surface area contributed by atoms with Gasteiger partial charge in [0, 0.05) is 68.2 Å². The third-order valence-electron chi connectivity index (χ3n) is 9.02. The van der Waals surface area contributed by atoms with E-state index in [1.54, 1.807) is 30.7 Å². The lowest BCUT2D eigenvalue weighted by atomic mass is 10.1. The summed E-state index contributed by atoms with van der Waals surface area (Å²) in [5, 5.41) is 2.11. The summed E-state index contributed by atoms with van der Waals surface area (Å²) < 4.78 is 81.2. The van der Waals surface area contributed by atoms with E-state index in [1.807, 2.05) is 24.9 Å². The standard InChI is InChI=1S/C16H21NOS.C13H18F3N3.C13H12F3NS/c1-5-6-12-7-8-14(18-4)13(9-12)15-10-17-16(19-15)11(2)3;1-10(2)18-5-7-19(8-6-18)12-9-11(3-4-17-12)13(14,15)16;1-8(2)12-17-7-11(18-12)9-4-3-5-10(6-9)13(14,15)16/h7-11H,5-6H2,1-4H3;3-4,9-10H,5-8H2,1-2H3;3-8H,1-2H3. The molecule has 1 saturated heterocycles. The first-order valence-corrected chi connectivity index (χ1v) is 20.3. The highest BCUT2D eigenvalue weighted by molar-refractivity contribution is 7.15. The van der Waals surface area contributed by atoms with Crippen LogP contribution in [0.25, 0.3) is 20.9 Å². The number of pyridine rings is 1. The van der Waals surface area contributed by atoms with Gasteiger partial charge in [-0.2, -0.15) is 26.3 Å². The lowest BCUT2D eigenvalue weighted by Crippen LogP contribution is -2.49. The minimum Gasteiger partial charge on any atom is -0.496 e.